The number of ether oxygens (including phenoxy) is 2. The van der Waals surface area contributed by atoms with Gasteiger partial charge in [0.1, 0.15) is 11.5 Å². The van der Waals surface area contributed by atoms with Crippen LogP contribution in [-0.2, 0) is 4.79 Å². The van der Waals surface area contributed by atoms with Crippen molar-refractivity contribution in [2.45, 2.75) is 26.2 Å². The molecule has 136 valence electrons. The number of rotatable bonds is 7. The van der Waals surface area contributed by atoms with Gasteiger partial charge in [-0.25, -0.2) is 9.79 Å². The van der Waals surface area contributed by atoms with Crippen LogP contribution in [0.25, 0.3) is 0 Å². The third-order valence-electron chi connectivity index (χ3n) is 3.36. The number of hydrogen-bond donors (Lipinski definition) is 2. The maximum absolute atomic E-state index is 12.1. The lowest BCUT2D eigenvalue weighted by Crippen LogP contribution is -2.21. The Bertz CT molecular complexity index is 779. The van der Waals surface area contributed by atoms with Gasteiger partial charge in [0.25, 0.3) is 0 Å². The van der Waals surface area contributed by atoms with Gasteiger partial charge in [-0.1, -0.05) is 13.3 Å². The molecule has 0 amide bonds. The Morgan fingerprint density at radius 2 is 1.50 bits per heavy atom. The molecule has 0 saturated carbocycles. The SMILES string of the molecule is CCCCC(=O)Oc1ccc(OC(=O)c2ccc(N=C(N)N)cc2)cc1. The molecule has 7 heteroatoms. The van der Waals surface area contributed by atoms with Crippen molar-refractivity contribution in [3.63, 3.8) is 0 Å². The summed E-state index contributed by atoms with van der Waals surface area (Å²) < 4.78 is 10.5. The molecule has 0 spiro atoms. The van der Waals surface area contributed by atoms with Gasteiger partial charge in [-0.15, -0.1) is 0 Å². The largest absolute Gasteiger partial charge is 0.427 e. The number of aliphatic imine (C=N–C) groups is 1. The number of carbonyl (C=O) groups is 2. The summed E-state index contributed by atoms with van der Waals surface area (Å²) in [6.07, 6.45) is 2.09. The van der Waals surface area contributed by atoms with E-state index in [9.17, 15) is 9.59 Å². The van der Waals surface area contributed by atoms with Crippen molar-refractivity contribution in [3.05, 3.63) is 54.1 Å². The molecule has 0 aliphatic rings. The van der Waals surface area contributed by atoms with E-state index >= 15 is 0 Å². The zero-order valence-electron chi connectivity index (χ0n) is 14.5. The fourth-order valence-electron chi connectivity index (χ4n) is 2.07. The lowest BCUT2D eigenvalue weighted by Gasteiger charge is -2.07. The molecule has 2 aromatic carbocycles. The van der Waals surface area contributed by atoms with E-state index in [1.54, 1.807) is 48.5 Å². The molecule has 0 aliphatic carbocycles. The quantitative estimate of drug-likeness (QED) is 0.341. The summed E-state index contributed by atoms with van der Waals surface area (Å²) in [5, 5.41) is 0. The number of unbranched alkanes of at least 4 members (excludes halogenated alkanes) is 1. The highest BCUT2D eigenvalue weighted by atomic mass is 16.5. The highest BCUT2D eigenvalue weighted by Gasteiger charge is 2.09. The number of guanidine groups is 1. The Hall–Kier alpha value is -3.35. The normalized spacial score (nSPS) is 10.0. The van der Waals surface area contributed by atoms with Gasteiger partial charge in [0.15, 0.2) is 5.96 Å². The monoisotopic (exact) mass is 355 g/mol. The van der Waals surface area contributed by atoms with Crippen LogP contribution in [0.5, 0.6) is 11.5 Å². The summed E-state index contributed by atoms with van der Waals surface area (Å²) in [6.45, 7) is 2.00. The van der Waals surface area contributed by atoms with Crippen molar-refractivity contribution in [3.8, 4) is 11.5 Å². The van der Waals surface area contributed by atoms with Gasteiger partial charge < -0.3 is 20.9 Å². The second-order valence-electron chi connectivity index (χ2n) is 5.52. The molecule has 0 saturated heterocycles. The van der Waals surface area contributed by atoms with Gasteiger partial charge in [-0.3, -0.25) is 4.79 Å². The first-order valence-electron chi connectivity index (χ1n) is 8.20. The Morgan fingerprint density at radius 1 is 0.923 bits per heavy atom. The lowest BCUT2D eigenvalue weighted by atomic mass is 10.2. The van der Waals surface area contributed by atoms with E-state index in [1.807, 2.05) is 6.92 Å². The zero-order valence-corrected chi connectivity index (χ0v) is 14.5. The Morgan fingerprint density at radius 3 is 2.04 bits per heavy atom. The molecule has 4 N–H and O–H groups in total. The van der Waals surface area contributed by atoms with Gasteiger partial charge in [0, 0.05) is 6.42 Å². The molecule has 0 atom stereocenters. The van der Waals surface area contributed by atoms with Crippen LogP contribution in [0.1, 0.15) is 36.5 Å². The molecule has 0 bridgehead atoms. The first-order chi connectivity index (χ1) is 12.5. The van der Waals surface area contributed by atoms with Crippen LogP contribution in [0.3, 0.4) is 0 Å². The standard InChI is InChI=1S/C19H21N3O4/c1-2-3-4-17(23)25-15-9-11-16(12-10-15)26-18(24)13-5-7-14(8-6-13)22-19(20)21/h5-12H,2-4H2,1H3,(H4,20,21,22). The number of hydrogen-bond acceptors (Lipinski definition) is 5. The van der Waals surface area contributed by atoms with Crippen molar-refractivity contribution in [1.82, 2.24) is 0 Å². The van der Waals surface area contributed by atoms with Crippen LogP contribution in [0.15, 0.2) is 53.5 Å². The first kappa shape index (κ1) is 19.0. The molecule has 7 nitrogen and oxygen atoms in total. The highest BCUT2D eigenvalue weighted by molar-refractivity contribution is 5.91. The predicted molar refractivity (Wildman–Crippen MR) is 98.5 cm³/mol. The molecular weight excluding hydrogens is 334 g/mol. The minimum absolute atomic E-state index is 0.0594. The first-order valence-corrected chi connectivity index (χ1v) is 8.20. The molecule has 0 aliphatic heterocycles. The third-order valence-corrected chi connectivity index (χ3v) is 3.36. The number of nitrogens with zero attached hydrogens (tertiary/aromatic N) is 1. The van der Waals surface area contributed by atoms with Gasteiger partial charge in [0.2, 0.25) is 0 Å². The summed E-state index contributed by atoms with van der Waals surface area (Å²) >= 11 is 0. The molecule has 0 fully saturated rings. The van der Waals surface area contributed by atoms with Crippen molar-refractivity contribution < 1.29 is 19.1 Å². The molecule has 0 heterocycles. The van der Waals surface area contributed by atoms with Crippen LogP contribution in [0, 0.1) is 0 Å². The van der Waals surface area contributed by atoms with Crippen LogP contribution in [0.4, 0.5) is 5.69 Å². The van der Waals surface area contributed by atoms with Gasteiger partial charge in [0.05, 0.1) is 11.3 Å². The second kappa shape index (κ2) is 9.22. The van der Waals surface area contributed by atoms with Crippen LogP contribution in [-0.4, -0.2) is 17.9 Å². The Labute approximate surface area is 151 Å². The molecule has 0 radical (unpaired) electrons. The van der Waals surface area contributed by atoms with Gasteiger partial charge >= 0.3 is 11.9 Å². The van der Waals surface area contributed by atoms with Crippen LogP contribution >= 0.6 is 0 Å². The van der Waals surface area contributed by atoms with E-state index < -0.39 is 5.97 Å². The predicted octanol–water partition coefficient (Wildman–Crippen LogP) is 2.91. The molecule has 2 rings (SSSR count). The van der Waals surface area contributed by atoms with E-state index in [-0.39, 0.29) is 11.9 Å². The Balaban J connectivity index is 1.94. The van der Waals surface area contributed by atoms with Crippen LogP contribution in [0.2, 0.25) is 0 Å². The molecule has 26 heavy (non-hydrogen) atoms. The maximum Gasteiger partial charge on any atom is 0.343 e. The average molecular weight is 355 g/mol. The number of benzene rings is 2. The fraction of sp³-hybridized carbons (Fsp3) is 0.211. The molecular formula is C19H21N3O4. The highest BCUT2D eigenvalue weighted by Crippen LogP contribution is 2.20. The average Bonchev–Trinajstić information content (AvgIpc) is 2.61. The fourth-order valence-corrected chi connectivity index (χ4v) is 2.07. The van der Waals surface area contributed by atoms with Crippen molar-refractivity contribution in [2.75, 3.05) is 0 Å². The van der Waals surface area contributed by atoms with Gasteiger partial charge in [-0.2, -0.15) is 0 Å². The van der Waals surface area contributed by atoms with Crippen molar-refractivity contribution in [1.29, 1.82) is 0 Å². The minimum atomic E-state index is -0.519. The summed E-state index contributed by atoms with van der Waals surface area (Å²) in [6, 6.07) is 12.6. The minimum Gasteiger partial charge on any atom is -0.427 e. The number of carbonyl (C=O) groups excluding carboxylic acids is 2. The van der Waals surface area contributed by atoms with Crippen LogP contribution < -0.4 is 20.9 Å². The topological polar surface area (TPSA) is 117 Å². The van der Waals surface area contributed by atoms with E-state index in [2.05, 4.69) is 4.99 Å². The molecule has 0 unspecified atom stereocenters. The summed E-state index contributed by atoms with van der Waals surface area (Å²) in [7, 11) is 0. The lowest BCUT2D eigenvalue weighted by molar-refractivity contribution is -0.134. The summed E-state index contributed by atoms with van der Waals surface area (Å²) in [5.41, 5.74) is 11.5. The molecule has 2 aromatic rings. The second-order valence-corrected chi connectivity index (χ2v) is 5.52. The van der Waals surface area contributed by atoms with E-state index in [0.717, 1.165) is 12.8 Å². The van der Waals surface area contributed by atoms with Crippen molar-refractivity contribution in [2.24, 2.45) is 16.5 Å². The third kappa shape index (κ3) is 5.94. The van der Waals surface area contributed by atoms with E-state index in [0.29, 0.717) is 29.2 Å². The number of nitrogens with two attached hydrogens (primary N) is 2. The number of esters is 2. The summed E-state index contributed by atoms with van der Waals surface area (Å²) in [4.78, 5) is 27.6. The Kier molecular flexibility index (Phi) is 6.73. The summed E-state index contributed by atoms with van der Waals surface area (Å²) in [5.74, 6) is -0.105. The molecule has 0 aromatic heterocycles. The smallest absolute Gasteiger partial charge is 0.343 e. The van der Waals surface area contributed by atoms with Gasteiger partial charge in [-0.05, 0) is 55.0 Å². The van der Waals surface area contributed by atoms with E-state index in [1.165, 1.54) is 0 Å². The van der Waals surface area contributed by atoms with Crippen molar-refractivity contribution >= 4 is 23.6 Å². The zero-order chi connectivity index (χ0) is 18.9. The maximum atomic E-state index is 12.1. The van der Waals surface area contributed by atoms with E-state index in [4.69, 9.17) is 20.9 Å².